The van der Waals surface area contributed by atoms with Crippen LogP contribution in [0.2, 0.25) is 0 Å². The van der Waals surface area contributed by atoms with Crippen LogP contribution in [0.25, 0.3) is 0 Å². The fourth-order valence-electron chi connectivity index (χ4n) is 3.51. The number of para-hydroxylation sites is 1. The van der Waals surface area contributed by atoms with Crippen LogP contribution in [-0.4, -0.2) is 28.0 Å². The molecule has 0 bridgehead atoms. The summed E-state index contributed by atoms with van der Waals surface area (Å²) in [5.41, 5.74) is 0.586. The molecule has 8 heteroatoms. The van der Waals surface area contributed by atoms with Crippen LogP contribution < -0.4 is 15.0 Å². The molecule has 2 aromatic carbocycles. The Bertz CT molecular complexity index is 987. The second-order valence-electron chi connectivity index (χ2n) is 7.12. The van der Waals surface area contributed by atoms with E-state index in [4.69, 9.17) is 4.74 Å². The third-order valence-corrected chi connectivity index (χ3v) is 4.99. The maximum Gasteiger partial charge on any atom is 0.353 e. The van der Waals surface area contributed by atoms with Gasteiger partial charge in [0.2, 0.25) is 11.6 Å². The maximum atomic E-state index is 11.9. The Morgan fingerprint density at radius 2 is 1.57 bits per heavy atom. The predicted molar refractivity (Wildman–Crippen MR) is 116 cm³/mol. The van der Waals surface area contributed by atoms with Gasteiger partial charge in [0, 0.05) is 18.8 Å². The van der Waals surface area contributed by atoms with Crippen LogP contribution in [0, 0.1) is 10.1 Å². The number of aromatic nitrogens is 2. The molecule has 0 aliphatic carbocycles. The number of benzene rings is 2. The number of ether oxygens (including phenoxy) is 1. The number of rotatable bonds is 6. The van der Waals surface area contributed by atoms with Crippen LogP contribution in [0.15, 0.2) is 60.9 Å². The van der Waals surface area contributed by atoms with E-state index in [1.54, 1.807) is 24.3 Å². The maximum absolute atomic E-state index is 11.9. The van der Waals surface area contributed by atoms with E-state index < -0.39 is 4.92 Å². The molecule has 1 aliphatic rings. The molecule has 0 spiro atoms. The number of nitro groups is 1. The molecule has 0 unspecified atom stereocenters. The Labute approximate surface area is 174 Å². The monoisotopic (exact) mass is 405 g/mol. The normalized spacial score (nSPS) is 14.1. The quantitative estimate of drug-likeness (QED) is 0.439. The highest BCUT2D eigenvalue weighted by atomic mass is 16.6. The third kappa shape index (κ3) is 4.65. The molecule has 0 amide bonds. The van der Waals surface area contributed by atoms with E-state index in [0.29, 0.717) is 17.3 Å². The van der Waals surface area contributed by atoms with Crippen molar-refractivity contribution in [3.05, 3.63) is 71.0 Å². The average Bonchev–Trinajstić information content (AvgIpc) is 3.05. The second kappa shape index (κ2) is 9.21. The first-order chi connectivity index (χ1) is 14.7. The number of hydrogen-bond donors (Lipinski definition) is 1. The van der Waals surface area contributed by atoms with E-state index in [1.165, 1.54) is 6.33 Å². The fourth-order valence-corrected chi connectivity index (χ4v) is 3.51. The molecule has 1 N–H and O–H groups in total. The summed E-state index contributed by atoms with van der Waals surface area (Å²) in [7, 11) is 0. The van der Waals surface area contributed by atoms with Gasteiger partial charge >= 0.3 is 5.69 Å². The Kier molecular flexibility index (Phi) is 6.03. The van der Waals surface area contributed by atoms with Crippen molar-refractivity contribution in [2.24, 2.45) is 0 Å². The van der Waals surface area contributed by atoms with Gasteiger partial charge in [0.05, 0.1) is 4.92 Å². The molecule has 2 heterocycles. The lowest BCUT2D eigenvalue weighted by atomic mass is 10.2. The molecular formula is C22H23N5O3. The number of nitrogens with one attached hydrogen (secondary N) is 1. The number of nitrogens with zero attached hydrogens (tertiary/aromatic N) is 4. The van der Waals surface area contributed by atoms with Crippen LogP contribution in [0.3, 0.4) is 0 Å². The molecule has 3 aromatic rings. The number of anilines is 3. The first kappa shape index (κ1) is 19.6. The van der Waals surface area contributed by atoms with Crippen molar-refractivity contribution in [1.82, 2.24) is 9.97 Å². The van der Waals surface area contributed by atoms with Crippen molar-refractivity contribution >= 4 is 23.0 Å². The predicted octanol–water partition coefficient (Wildman–Crippen LogP) is 5.30. The lowest BCUT2D eigenvalue weighted by molar-refractivity contribution is -0.383. The molecular weight excluding hydrogens is 382 g/mol. The largest absolute Gasteiger partial charge is 0.457 e. The summed E-state index contributed by atoms with van der Waals surface area (Å²) in [5, 5.41) is 14.9. The van der Waals surface area contributed by atoms with E-state index >= 15 is 0 Å². The first-order valence-corrected chi connectivity index (χ1v) is 10.0. The lowest BCUT2D eigenvalue weighted by Gasteiger charge is -2.21. The highest BCUT2D eigenvalue weighted by Crippen LogP contribution is 2.35. The SMILES string of the molecule is O=[N+]([O-])c1c(Nc2ccc(Oc3ccccc3)cc2)ncnc1N1CCCCCC1. The first-order valence-electron chi connectivity index (χ1n) is 10.0. The minimum Gasteiger partial charge on any atom is -0.457 e. The van der Waals surface area contributed by atoms with E-state index in [1.807, 2.05) is 35.2 Å². The standard InChI is InChI=1S/C22H23N5O3/c28-27(29)20-21(23-16-24-22(20)26-14-6-1-2-7-15-26)25-17-10-12-19(13-11-17)30-18-8-4-3-5-9-18/h3-5,8-13,16H,1-2,6-7,14-15H2,(H,23,24,25). The highest BCUT2D eigenvalue weighted by molar-refractivity contribution is 5.74. The summed E-state index contributed by atoms with van der Waals surface area (Å²) >= 11 is 0. The average molecular weight is 405 g/mol. The molecule has 0 atom stereocenters. The minimum atomic E-state index is -0.407. The molecule has 0 saturated carbocycles. The molecule has 4 rings (SSSR count). The van der Waals surface area contributed by atoms with E-state index in [0.717, 1.165) is 44.5 Å². The number of hydrogen-bond acceptors (Lipinski definition) is 7. The van der Waals surface area contributed by atoms with Gasteiger partial charge < -0.3 is 15.0 Å². The molecule has 1 fully saturated rings. The molecule has 154 valence electrons. The van der Waals surface area contributed by atoms with Crippen molar-refractivity contribution in [1.29, 1.82) is 0 Å². The van der Waals surface area contributed by atoms with E-state index in [-0.39, 0.29) is 11.5 Å². The molecule has 30 heavy (non-hydrogen) atoms. The van der Waals surface area contributed by atoms with Gasteiger partial charge in [-0.25, -0.2) is 9.97 Å². The summed E-state index contributed by atoms with van der Waals surface area (Å²) < 4.78 is 5.79. The third-order valence-electron chi connectivity index (χ3n) is 4.99. The van der Waals surface area contributed by atoms with Crippen LogP contribution in [0.1, 0.15) is 25.7 Å². The summed E-state index contributed by atoms with van der Waals surface area (Å²) in [4.78, 5) is 21.8. The minimum absolute atomic E-state index is 0.0935. The van der Waals surface area contributed by atoms with Crippen LogP contribution >= 0.6 is 0 Å². The summed E-state index contributed by atoms with van der Waals surface area (Å²) in [6.45, 7) is 1.53. The van der Waals surface area contributed by atoms with Crippen LogP contribution in [0.4, 0.5) is 23.0 Å². The lowest BCUT2D eigenvalue weighted by Crippen LogP contribution is -2.26. The van der Waals surface area contributed by atoms with Gasteiger partial charge in [-0.05, 0) is 49.2 Å². The molecule has 1 aliphatic heterocycles. The van der Waals surface area contributed by atoms with Crippen molar-refractivity contribution in [3.8, 4) is 11.5 Å². The van der Waals surface area contributed by atoms with Crippen molar-refractivity contribution in [3.63, 3.8) is 0 Å². The molecule has 0 radical (unpaired) electrons. The van der Waals surface area contributed by atoms with Gasteiger partial charge in [0.25, 0.3) is 0 Å². The zero-order valence-electron chi connectivity index (χ0n) is 16.5. The van der Waals surface area contributed by atoms with E-state index in [2.05, 4.69) is 15.3 Å². The second-order valence-corrected chi connectivity index (χ2v) is 7.12. The van der Waals surface area contributed by atoms with Gasteiger partial charge in [-0.2, -0.15) is 0 Å². The van der Waals surface area contributed by atoms with Crippen molar-refractivity contribution in [2.45, 2.75) is 25.7 Å². The van der Waals surface area contributed by atoms with Gasteiger partial charge in [-0.15, -0.1) is 0 Å². The summed E-state index contributed by atoms with van der Waals surface area (Å²) in [5.74, 6) is 1.98. The smallest absolute Gasteiger partial charge is 0.353 e. The highest BCUT2D eigenvalue weighted by Gasteiger charge is 2.27. The van der Waals surface area contributed by atoms with Gasteiger partial charge in [-0.3, -0.25) is 10.1 Å². The summed E-state index contributed by atoms with van der Waals surface area (Å²) in [6, 6.07) is 16.7. The van der Waals surface area contributed by atoms with E-state index in [9.17, 15) is 10.1 Å². The molecule has 8 nitrogen and oxygen atoms in total. The van der Waals surface area contributed by atoms with Crippen LogP contribution in [-0.2, 0) is 0 Å². The van der Waals surface area contributed by atoms with Gasteiger partial charge in [-0.1, -0.05) is 31.0 Å². The topological polar surface area (TPSA) is 93.4 Å². The van der Waals surface area contributed by atoms with Crippen molar-refractivity contribution < 1.29 is 9.66 Å². The molecule has 1 saturated heterocycles. The fraction of sp³-hybridized carbons (Fsp3) is 0.273. The molecule has 1 aromatic heterocycles. The Morgan fingerprint density at radius 1 is 0.900 bits per heavy atom. The zero-order valence-corrected chi connectivity index (χ0v) is 16.5. The Morgan fingerprint density at radius 3 is 2.23 bits per heavy atom. The van der Waals surface area contributed by atoms with Gasteiger partial charge in [0.15, 0.2) is 0 Å². The van der Waals surface area contributed by atoms with Gasteiger partial charge in [0.1, 0.15) is 17.8 Å². The zero-order chi connectivity index (χ0) is 20.8. The van der Waals surface area contributed by atoms with Crippen molar-refractivity contribution in [2.75, 3.05) is 23.3 Å². The Balaban J connectivity index is 1.55. The van der Waals surface area contributed by atoms with Crippen LogP contribution in [0.5, 0.6) is 11.5 Å². The Hall–Kier alpha value is -3.68. The summed E-state index contributed by atoms with van der Waals surface area (Å²) in [6.07, 6.45) is 5.66.